The molecule has 0 radical (unpaired) electrons. The van der Waals surface area contributed by atoms with Gasteiger partial charge in [0.1, 0.15) is 0 Å². The van der Waals surface area contributed by atoms with Gasteiger partial charge in [-0.2, -0.15) is 4.31 Å². The summed E-state index contributed by atoms with van der Waals surface area (Å²) in [5.74, 6) is 0. The molecule has 0 aliphatic heterocycles. The van der Waals surface area contributed by atoms with Crippen LogP contribution in [0, 0.1) is 0 Å². The molecule has 1 aliphatic carbocycles. The molecule has 1 aliphatic rings. The van der Waals surface area contributed by atoms with Gasteiger partial charge in [0.2, 0.25) is 10.0 Å². The van der Waals surface area contributed by atoms with Gasteiger partial charge in [0.25, 0.3) is 0 Å². The summed E-state index contributed by atoms with van der Waals surface area (Å²) < 4.78 is 26.7. The monoisotopic (exact) mass is 283 g/mol. The maximum Gasteiger partial charge on any atom is 0.243 e. The minimum Gasteiger partial charge on any atom is -0.392 e. The zero-order valence-electron chi connectivity index (χ0n) is 11.5. The van der Waals surface area contributed by atoms with Crippen molar-refractivity contribution in [3.8, 4) is 0 Å². The molecule has 4 nitrogen and oxygen atoms in total. The van der Waals surface area contributed by atoms with E-state index in [9.17, 15) is 13.5 Å². The molecule has 1 fully saturated rings. The van der Waals surface area contributed by atoms with Crippen LogP contribution in [0.2, 0.25) is 0 Å². The van der Waals surface area contributed by atoms with Crippen molar-refractivity contribution < 1.29 is 13.5 Å². The van der Waals surface area contributed by atoms with Crippen LogP contribution in [0.1, 0.15) is 37.8 Å². The van der Waals surface area contributed by atoms with Gasteiger partial charge in [0.05, 0.1) is 11.5 Å². The van der Waals surface area contributed by atoms with Crippen molar-refractivity contribution in [3.05, 3.63) is 29.3 Å². The first-order valence-corrected chi connectivity index (χ1v) is 8.23. The van der Waals surface area contributed by atoms with E-state index in [0.717, 1.165) is 24.8 Å². The highest BCUT2D eigenvalue weighted by Crippen LogP contribution is 2.32. The summed E-state index contributed by atoms with van der Waals surface area (Å²) in [6, 6.07) is 5.23. The number of rotatable bonds is 6. The van der Waals surface area contributed by atoms with Crippen molar-refractivity contribution in [1.29, 1.82) is 0 Å². The molecule has 0 saturated heterocycles. The molecule has 1 aromatic carbocycles. The molecular formula is C14H21NO3S. The average Bonchev–Trinajstić information content (AvgIpc) is 3.23. The Labute approximate surface area is 115 Å². The Hall–Kier alpha value is -0.910. The molecule has 0 heterocycles. The fraction of sp³-hybridized carbons (Fsp3) is 0.571. The van der Waals surface area contributed by atoms with Crippen LogP contribution in [-0.4, -0.2) is 30.4 Å². The van der Waals surface area contributed by atoms with Gasteiger partial charge in [0, 0.05) is 12.6 Å². The second-order valence-electron chi connectivity index (χ2n) is 4.88. The molecule has 0 bridgehead atoms. The summed E-state index contributed by atoms with van der Waals surface area (Å²) in [5.41, 5.74) is 1.70. The molecule has 0 atom stereocenters. The molecular weight excluding hydrogens is 262 g/mol. The number of nitrogens with zero attached hydrogens (tertiary/aromatic N) is 1. The highest BCUT2D eigenvalue weighted by Gasteiger charge is 2.36. The van der Waals surface area contributed by atoms with Gasteiger partial charge in [-0.1, -0.05) is 19.9 Å². The van der Waals surface area contributed by atoms with Gasteiger partial charge in [-0.3, -0.25) is 0 Å². The predicted octanol–water partition coefficient (Wildman–Crippen LogP) is 1.91. The van der Waals surface area contributed by atoms with E-state index in [1.165, 1.54) is 0 Å². The Morgan fingerprint density at radius 2 is 1.95 bits per heavy atom. The number of aliphatic hydroxyl groups excluding tert-OH is 1. The largest absolute Gasteiger partial charge is 0.392 e. The third-order valence-electron chi connectivity index (χ3n) is 3.60. The molecule has 1 N–H and O–H groups in total. The quantitative estimate of drug-likeness (QED) is 0.867. The standard InChI is InChI=1S/C14H21NO3S/c1-3-11-5-8-14(9-12(11)10-16)19(17,18)15(4-2)13-6-7-13/h5,8-9,13,16H,3-4,6-7,10H2,1-2H3. The van der Waals surface area contributed by atoms with Crippen LogP contribution in [0.4, 0.5) is 0 Å². The van der Waals surface area contributed by atoms with E-state index in [2.05, 4.69) is 0 Å². The zero-order chi connectivity index (χ0) is 14.0. The van der Waals surface area contributed by atoms with E-state index in [1.54, 1.807) is 22.5 Å². The van der Waals surface area contributed by atoms with Gasteiger partial charge < -0.3 is 5.11 Å². The van der Waals surface area contributed by atoms with Crippen molar-refractivity contribution in [2.45, 2.75) is 50.7 Å². The molecule has 0 unspecified atom stereocenters. The SMILES string of the molecule is CCc1ccc(S(=O)(=O)N(CC)C2CC2)cc1CO. The summed E-state index contributed by atoms with van der Waals surface area (Å²) in [6.45, 7) is 4.23. The lowest BCUT2D eigenvalue weighted by Crippen LogP contribution is -2.33. The first-order valence-electron chi connectivity index (χ1n) is 6.79. The first-order chi connectivity index (χ1) is 9.04. The van der Waals surface area contributed by atoms with Crippen molar-refractivity contribution in [2.75, 3.05) is 6.54 Å². The Morgan fingerprint density at radius 3 is 2.42 bits per heavy atom. The van der Waals surface area contributed by atoms with Crippen LogP contribution in [0.15, 0.2) is 23.1 Å². The highest BCUT2D eigenvalue weighted by atomic mass is 32.2. The Kier molecular flexibility index (Phi) is 4.28. The number of aryl methyl sites for hydroxylation is 1. The Bertz CT molecular complexity index is 550. The molecule has 2 rings (SSSR count). The minimum atomic E-state index is -3.42. The molecule has 5 heteroatoms. The van der Waals surface area contributed by atoms with E-state index in [0.29, 0.717) is 17.0 Å². The van der Waals surface area contributed by atoms with E-state index in [-0.39, 0.29) is 12.6 Å². The van der Waals surface area contributed by atoms with E-state index < -0.39 is 10.0 Å². The number of hydrogen-bond donors (Lipinski definition) is 1. The number of aliphatic hydroxyl groups is 1. The number of sulfonamides is 1. The zero-order valence-corrected chi connectivity index (χ0v) is 12.3. The van der Waals surface area contributed by atoms with Crippen molar-refractivity contribution in [3.63, 3.8) is 0 Å². The lowest BCUT2D eigenvalue weighted by molar-refractivity contribution is 0.280. The summed E-state index contributed by atoms with van der Waals surface area (Å²) in [4.78, 5) is 0.294. The number of benzene rings is 1. The van der Waals surface area contributed by atoms with Crippen LogP contribution in [0.3, 0.4) is 0 Å². The molecule has 1 aromatic rings. The van der Waals surface area contributed by atoms with Crippen LogP contribution in [0.5, 0.6) is 0 Å². The van der Waals surface area contributed by atoms with Gasteiger partial charge >= 0.3 is 0 Å². The van der Waals surface area contributed by atoms with Gasteiger partial charge in [-0.25, -0.2) is 8.42 Å². The van der Waals surface area contributed by atoms with Crippen LogP contribution < -0.4 is 0 Å². The Morgan fingerprint density at radius 1 is 1.26 bits per heavy atom. The Balaban J connectivity index is 2.39. The smallest absolute Gasteiger partial charge is 0.243 e. The maximum absolute atomic E-state index is 12.6. The molecule has 0 spiro atoms. The average molecular weight is 283 g/mol. The van der Waals surface area contributed by atoms with Crippen LogP contribution in [0.25, 0.3) is 0 Å². The first kappa shape index (κ1) is 14.5. The molecule has 106 valence electrons. The maximum atomic E-state index is 12.6. The van der Waals surface area contributed by atoms with E-state index >= 15 is 0 Å². The van der Waals surface area contributed by atoms with E-state index in [4.69, 9.17) is 0 Å². The van der Waals surface area contributed by atoms with Crippen LogP contribution >= 0.6 is 0 Å². The van der Waals surface area contributed by atoms with E-state index in [1.807, 2.05) is 13.8 Å². The summed E-state index contributed by atoms with van der Waals surface area (Å²) in [5, 5.41) is 9.35. The summed E-state index contributed by atoms with van der Waals surface area (Å²) >= 11 is 0. The number of hydrogen-bond acceptors (Lipinski definition) is 3. The van der Waals surface area contributed by atoms with Crippen molar-refractivity contribution in [1.82, 2.24) is 4.31 Å². The summed E-state index contributed by atoms with van der Waals surface area (Å²) in [6.07, 6.45) is 2.69. The third-order valence-corrected chi connectivity index (χ3v) is 5.62. The topological polar surface area (TPSA) is 57.6 Å². The van der Waals surface area contributed by atoms with Gasteiger partial charge in [0.15, 0.2) is 0 Å². The second kappa shape index (κ2) is 5.61. The molecule has 0 aromatic heterocycles. The van der Waals surface area contributed by atoms with Crippen LogP contribution in [-0.2, 0) is 23.1 Å². The summed E-state index contributed by atoms with van der Waals surface area (Å²) in [7, 11) is -3.42. The lowest BCUT2D eigenvalue weighted by atomic mass is 10.1. The molecule has 0 amide bonds. The fourth-order valence-corrected chi connectivity index (χ4v) is 4.12. The molecule has 1 saturated carbocycles. The normalized spacial score (nSPS) is 16.0. The third kappa shape index (κ3) is 2.83. The minimum absolute atomic E-state index is 0.123. The van der Waals surface area contributed by atoms with Crippen molar-refractivity contribution in [2.24, 2.45) is 0 Å². The highest BCUT2D eigenvalue weighted by molar-refractivity contribution is 7.89. The molecule has 19 heavy (non-hydrogen) atoms. The van der Waals surface area contributed by atoms with Gasteiger partial charge in [-0.05, 0) is 42.5 Å². The predicted molar refractivity (Wildman–Crippen MR) is 74.3 cm³/mol. The second-order valence-corrected chi connectivity index (χ2v) is 6.77. The van der Waals surface area contributed by atoms with Crippen molar-refractivity contribution >= 4 is 10.0 Å². The lowest BCUT2D eigenvalue weighted by Gasteiger charge is -2.20. The fourth-order valence-electron chi connectivity index (χ4n) is 2.38. The van der Waals surface area contributed by atoms with Gasteiger partial charge in [-0.15, -0.1) is 0 Å².